The van der Waals surface area contributed by atoms with Crippen LogP contribution in [0.1, 0.15) is 26.3 Å². The molecule has 26 heavy (non-hydrogen) atoms. The van der Waals surface area contributed by atoms with Gasteiger partial charge in [-0.2, -0.15) is 13.2 Å². The Morgan fingerprint density at radius 3 is 2.46 bits per heavy atom. The molecule has 1 heterocycles. The van der Waals surface area contributed by atoms with Crippen molar-refractivity contribution < 1.29 is 27.8 Å². The van der Waals surface area contributed by atoms with Crippen LogP contribution in [0.15, 0.2) is 12.1 Å². The number of amides is 1. The Hall–Kier alpha value is -1.64. The summed E-state index contributed by atoms with van der Waals surface area (Å²) < 4.78 is 46.3. The number of hydrogen-bond acceptors (Lipinski definition) is 3. The van der Waals surface area contributed by atoms with Gasteiger partial charge in [0.1, 0.15) is 5.82 Å². The van der Waals surface area contributed by atoms with Crippen LogP contribution in [0.25, 0.3) is 10.9 Å². The maximum Gasteiger partial charge on any atom is 0.421 e. The lowest BCUT2D eigenvalue weighted by molar-refractivity contribution is -0.282. The Kier molecular flexibility index (Phi) is 5.70. The third-order valence-corrected chi connectivity index (χ3v) is 4.48. The molecule has 1 amide bonds. The van der Waals surface area contributed by atoms with Crippen molar-refractivity contribution in [3.05, 3.63) is 27.7 Å². The zero-order valence-corrected chi connectivity index (χ0v) is 15.6. The number of hydrogen-bond donors (Lipinski definition) is 3. The van der Waals surface area contributed by atoms with Crippen molar-refractivity contribution in [1.82, 2.24) is 4.98 Å². The van der Waals surface area contributed by atoms with E-state index in [1.165, 1.54) is 26.0 Å². The molecular formula is C16H17Cl2F3N2O3. The number of carbonyl (C=O) groups excluding carboxylic acids is 1. The molecule has 1 unspecified atom stereocenters. The van der Waals surface area contributed by atoms with E-state index in [1.807, 2.05) is 0 Å². The third-order valence-electron chi connectivity index (χ3n) is 3.97. The van der Waals surface area contributed by atoms with Crippen molar-refractivity contribution >= 4 is 46.0 Å². The first-order chi connectivity index (χ1) is 11.9. The predicted octanol–water partition coefficient (Wildman–Crippen LogP) is 5.45. The van der Waals surface area contributed by atoms with E-state index in [0.29, 0.717) is 0 Å². The lowest BCUT2D eigenvalue weighted by Gasteiger charge is -2.35. The van der Waals surface area contributed by atoms with Crippen LogP contribution in [0, 0.1) is 5.92 Å². The summed E-state index contributed by atoms with van der Waals surface area (Å²) in [7, 11) is 0. The normalized spacial score (nSPS) is 14.5. The van der Waals surface area contributed by atoms with Crippen LogP contribution in [0.4, 0.5) is 23.8 Å². The number of carbonyl (C=O) groups is 1. The highest BCUT2D eigenvalue weighted by atomic mass is 35.5. The van der Waals surface area contributed by atoms with E-state index in [1.54, 1.807) is 6.92 Å². The summed E-state index contributed by atoms with van der Waals surface area (Å²) in [6, 6.07) is 2.60. The van der Waals surface area contributed by atoms with Gasteiger partial charge in [-0.25, -0.2) is 4.79 Å². The zero-order valence-electron chi connectivity index (χ0n) is 14.1. The number of fused-ring (bicyclic) bond motifs is 1. The maximum atomic E-state index is 13.8. The van der Waals surface area contributed by atoms with E-state index in [4.69, 9.17) is 27.9 Å². The van der Waals surface area contributed by atoms with Crippen LogP contribution in [-0.2, 0) is 10.3 Å². The molecule has 1 atom stereocenters. The number of aliphatic hydroxyl groups is 1. The lowest BCUT2D eigenvalue weighted by Crippen LogP contribution is -2.47. The minimum atomic E-state index is -5.04. The topological polar surface area (TPSA) is 74.3 Å². The fraction of sp³-hybridized carbons (Fsp3) is 0.438. The first kappa shape index (κ1) is 20.7. The summed E-state index contributed by atoms with van der Waals surface area (Å²) in [6.45, 7) is 3.98. The van der Waals surface area contributed by atoms with Gasteiger partial charge in [0.2, 0.25) is 0 Å². The van der Waals surface area contributed by atoms with Crippen LogP contribution in [0.3, 0.4) is 0 Å². The average Bonchev–Trinajstić information content (AvgIpc) is 2.83. The summed E-state index contributed by atoms with van der Waals surface area (Å²) in [5.41, 5.74) is -3.74. The number of anilines is 1. The van der Waals surface area contributed by atoms with Gasteiger partial charge < -0.3 is 14.8 Å². The largest absolute Gasteiger partial charge is 0.450 e. The Morgan fingerprint density at radius 2 is 1.96 bits per heavy atom. The highest BCUT2D eigenvalue weighted by molar-refractivity contribution is 6.39. The van der Waals surface area contributed by atoms with Crippen LogP contribution in [0.2, 0.25) is 10.0 Å². The Morgan fingerprint density at radius 1 is 1.35 bits per heavy atom. The number of aromatic amines is 1. The van der Waals surface area contributed by atoms with Crippen molar-refractivity contribution in [2.24, 2.45) is 5.92 Å². The summed E-state index contributed by atoms with van der Waals surface area (Å²) in [5, 5.41) is 12.9. The van der Waals surface area contributed by atoms with Crippen molar-refractivity contribution in [2.75, 3.05) is 11.9 Å². The van der Waals surface area contributed by atoms with E-state index in [2.05, 4.69) is 10.3 Å². The van der Waals surface area contributed by atoms with Gasteiger partial charge in [0.25, 0.3) is 0 Å². The molecule has 2 rings (SSSR count). The quantitative estimate of drug-likeness (QED) is 0.624. The van der Waals surface area contributed by atoms with Gasteiger partial charge in [-0.3, -0.25) is 5.32 Å². The average molecular weight is 413 g/mol. The lowest BCUT2D eigenvalue weighted by atomic mass is 9.82. The highest BCUT2D eigenvalue weighted by Crippen LogP contribution is 2.51. The fourth-order valence-corrected chi connectivity index (χ4v) is 3.34. The molecule has 1 aromatic heterocycles. The number of H-pyrrole nitrogens is 1. The van der Waals surface area contributed by atoms with Crippen LogP contribution in [-0.4, -0.2) is 29.0 Å². The fourth-order valence-electron chi connectivity index (χ4n) is 2.75. The molecule has 0 aliphatic heterocycles. The van der Waals surface area contributed by atoms with Gasteiger partial charge in [-0.15, -0.1) is 0 Å². The summed E-state index contributed by atoms with van der Waals surface area (Å²) in [5.74, 6) is -1.65. The van der Waals surface area contributed by atoms with Gasteiger partial charge in [0, 0.05) is 16.0 Å². The molecule has 0 saturated carbocycles. The van der Waals surface area contributed by atoms with E-state index >= 15 is 0 Å². The second kappa shape index (κ2) is 7.17. The maximum absolute atomic E-state index is 13.8. The van der Waals surface area contributed by atoms with Gasteiger partial charge in [-0.1, -0.05) is 37.0 Å². The molecule has 3 N–H and O–H groups in total. The molecule has 5 nitrogen and oxygen atoms in total. The Bertz CT molecular complexity index is 836. The number of aromatic nitrogens is 1. The van der Waals surface area contributed by atoms with E-state index < -0.39 is 29.4 Å². The van der Waals surface area contributed by atoms with Crippen LogP contribution >= 0.6 is 23.2 Å². The molecule has 0 radical (unpaired) electrons. The molecule has 1 aromatic carbocycles. The highest BCUT2D eigenvalue weighted by Gasteiger charge is 2.59. The second-order valence-electron chi connectivity index (χ2n) is 5.95. The molecule has 0 aliphatic rings. The number of rotatable bonds is 4. The molecule has 0 fully saturated rings. The van der Waals surface area contributed by atoms with E-state index in [-0.39, 0.29) is 33.4 Å². The number of benzene rings is 1. The van der Waals surface area contributed by atoms with Gasteiger partial charge >= 0.3 is 12.3 Å². The zero-order chi connectivity index (χ0) is 19.9. The minimum absolute atomic E-state index is 0.0156. The number of ether oxygens (including phenoxy) is 1. The summed E-state index contributed by atoms with van der Waals surface area (Å²) >= 11 is 12.0. The number of halogens is 5. The third kappa shape index (κ3) is 3.45. The van der Waals surface area contributed by atoms with Crippen LogP contribution in [0.5, 0.6) is 0 Å². The molecule has 0 spiro atoms. The SMILES string of the molecule is CCOC(=O)Nc1[nH]c2cc(Cl)cc(Cl)c2c1C(O)(C(C)C)C(F)(F)F. The minimum Gasteiger partial charge on any atom is -0.450 e. The Labute approximate surface area is 157 Å². The molecule has 2 aromatic rings. The van der Waals surface area contributed by atoms with Crippen molar-refractivity contribution in [2.45, 2.75) is 32.5 Å². The van der Waals surface area contributed by atoms with Gasteiger partial charge in [-0.05, 0) is 25.0 Å². The molecule has 0 saturated heterocycles. The second-order valence-corrected chi connectivity index (χ2v) is 6.79. The van der Waals surface area contributed by atoms with Gasteiger partial charge in [0.05, 0.1) is 17.1 Å². The van der Waals surface area contributed by atoms with Gasteiger partial charge in [0.15, 0.2) is 5.60 Å². The van der Waals surface area contributed by atoms with E-state index in [0.717, 1.165) is 0 Å². The van der Waals surface area contributed by atoms with Crippen LogP contribution < -0.4 is 5.32 Å². The summed E-state index contributed by atoms with van der Waals surface area (Å²) in [6.07, 6.45) is -6.01. The first-order valence-electron chi connectivity index (χ1n) is 7.67. The molecule has 0 aliphatic carbocycles. The molecule has 144 valence electrons. The summed E-state index contributed by atoms with van der Waals surface area (Å²) in [4.78, 5) is 14.4. The van der Waals surface area contributed by atoms with Crippen molar-refractivity contribution in [1.29, 1.82) is 0 Å². The first-order valence-corrected chi connectivity index (χ1v) is 8.43. The number of nitrogens with one attached hydrogen (secondary N) is 2. The van der Waals surface area contributed by atoms with Crippen molar-refractivity contribution in [3.63, 3.8) is 0 Å². The molecule has 10 heteroatoms. The predicted molar refractivity (Wildman–Crippen MR) is 93.8 cm³/mol. The molecule has 0 bridgehead atoms. The monoisotopic (exact) mass is 412 g/mol. The number of alkyl halides is 3. The Balaban J connectivity index is 2.85. The molecular weight excluding hydrogens is 396 g/mol. The standard InChI is InChI=1S/C16H17Cl2F3N2O3/c1-4-26-14(24)23-13-12(15(25,7(2)3)16(19,20)21)11-9(18)5-8(17)6-10(11)22-13/h5-7,22,25H,4H2,1-3H3,(H,23,24). The van der Waals surface area contributed by atoms with Crippen molar-refractivity contribution in [3.8, 4) is 0 Å². The van der Waals surface area contributed by atoms with E-state index in [9.17, 15) is 23.1 Å². The smallest absolute Gasteiger partial charge is 0.421 e.